The van der Waals surface area contributed by atoms with Gasteiger partial charge in [-0.3, -0.25) is 9.69 Å². The van der Waals surface area contributed by atoms with Gasteiger partial charge in [-0.15, -0.1) is 0 Å². The molecule has 4 heteroatoms. The molecule has 4 nitrogen and oxygen atoms in total. The molecule has 0 aromatic rings. The van der Waals surface area contributed by atoms with Crippen LogP contribution in [-0.4, -0.2) is 49.7 Å². The molecule has 0 bridgehead atoms. The number of hydrogen-bond donors (Lipinski definition) is 1. The van der Waals surface area contributed by atoms with Crippen molar-refractivity contribution in [1.29, 1.82) is 0 Å². The van der Waals surface area contributed by atoms with E-state index in [9.17, 15) is 4.79 Å². The molecule has 0 aromatic carbocycles. The summed E-state index contributed by atoms with van der Waals surface area (Å²) in [5.41, 5.74) is 0. The van der Waals surface area contributed by atoms with Crippen molar-refractivity contribution in [3.05, 3.63) is 12.2 Å². The quantitative estimate of drug-likeness (QED) is 0.709. The van der Waals surface area contributed by atoms with Gasteiger partial charge >= 0.3 is 0 Å². The second-order valence-electron chi connectivity index (χ2n) is 4.43. The van der Waals surface area contributed by atoms with Crippen LogP contribution in [0.4, 0.5) is 0 Å². The van der Waals surface area contributed by atoms with Gasteiger partial charge in [0.1, 0.15) is 0 Å². The molecular weight excluding hydrogens is 204 g/mol. The Kier molecular flexibility index (Phi) is 4.36. The first-order valence-corrected chi connectivity index (χ1v) is 6.10. The van der Waals surface area contributed by atoms with Gasteiger partial charge in [-0.05, 0) is 19.3 Å². The first-order chi connectivity index (χ1) is 7.84. The summed E-state index contributed by atoms with van der Waals surface area (Å²) in [4.78, 5) is 13.8. The van der Waals surface area contributed by atoms with Crippen LogP contribution in [0.15, 0.2) is 12.2 Å². The number of hydrogen-bond acceptors (Lipinski definition) is 3. The maximum absolute atomic E-state index is 11.6. The van der Waals surface area contributed by atoms with Crippen LogP contribution >= 0.6 is 0 Å². The highest BCUT2D eigenvalue weighted by atomic mass is 16.5. The van der Waals surface area contributed by atoms with Crippen molar-refractivity contribution in [1.82, 2.24) is 10.2 Å². The molecule has 1 saturated heterocycles. The van der Waals surface area contributed by atoms with Crippen molar-refractivity contribution < 1.29 is 9.53 Å². The highest BCUT2D eigenvalue weighted by Gasteiger charge is 2.17. The average molecular weight is 224 g/mol. The minimum atomic E-state index is 0.116. The Labute approximate surface area is 96.6 Å². The average Bonchev–Trinajstić information content (AvgIpc) is 2.81. The third-order valence-electron chi connectivity index (χ3n) is 3.06. The number of nitrogens with zero attached hydrogens (tertiary/aromatic N) is 1. The summed E-state index contributed by atoms with van der Waals surface area (Å²) < 4.78 is 5.45. The van der Waals surface area contributed by atoms with E-state index in [1.54, 1.807) is 0 Å². The summed E-state index contributed by atoms with van der Waals surface area (Å²) in [6, 6.07) is 0. The molecule has 1 N–H and O–H groups in total. The Morgan fingerprint density at radius 2 is 2.44 bits per heavy atom. The maximum Gasteiger partial charge on any atom is 0.234 e. The lowest BCUT2D eigenvalue weighted by molar-refractivity contribution is -0.122. The lowest BCUT2D eigenvalue weighted by Gasteiger charge is -2.22. The van der Waals surface area contributed by atoms with Crippen molar-refractivity contribution >= 4 is 5.91 Å². The molecule has 2 rings (SSSR count). The van der Waals surface area contributed by atoms with Crippen LogP contribution in [0.5, 0.6) is 0 Å². The van der Waals surface area contributed by atoms with Crippen molar-refractivity contribution in [2.45, 2.75) is 25.4 Å². The molecule has 16 heavy (non-hydrogen) atoms. The molecule has 1 unspecified atom stereocenters. The second kappa shape index (κ2) is 6.01. The van der Waals surface area contributed by atoms with Crippen LogP contribution in [0.1, 0.15) is 19.3 Å². The summed E-state index contributed by atoms with van der Waals surface area (Å²) >= 11 is 0. The standard InChI is InChI=1S/C12H20N2O2/c15-12(10-14-6-2-1-3-7-14)13-9-11-5-4-8-16-11/h1-2,11H,3-10H2,(H,13,15). The molecule has 0 spiro atoms. The number of amides is 1. The zero-order chi connectivity index (χ0) is 11.2. The molecule has 2 aliphatic rings. The van der Waals surface area contributed by atoms with Crippen LogP contribution in [-0.2, 0) is 9.53 Å². The molecule has 90 valence electrons. The van der Waals surface area contributed by atoms with Gasteiger partial charge in [-0.2, -0.15) is 0 Å². The zero-order valence-electron chi connectivity index (χ0n) is 9.65. The Morgan fingerprint density at radius 1 is 1.50 bits per heavy atom. The fourth-order valence-electron chi connectivity index (χ4n) is 2.13. The van der Waals surface area contributed by atoms with E-state index in [2.05, 4.69) is 22.4 Å². The monoisotopic (exact) mass is 224 g/mol. The molecule has 0 aromatic heterocycles. The fraction of sp³-hybridized carbons (Fsp3) is 0.750. The van der Waals surface area contributed by atoms with Crippen LogP contribution in [0, 0.1) is 0 Å². The molecule has 0 radical (unpaired) electrons. The van der Waals surface area contributed by atoms with E-state index in [4.69, 9.17) is 4.74 Å². The molecule has 0 aliphatic carbocycles. The fourth-order valence-corrected chi connectivity index (χ4v) is 2.13. The smallest absolute Gasteiger partial charge is 0.234 e. The molecule has 0 saturated carbocycles. The van der Waals surface area contributed by atoms with Crippen LogP contribution in [0.2, 0.25) is 0 Å². The predicted molar refractivity (Wildman–Crippen MR) is 62.2 cm³/mol. The van der Waals surface area contributed by atoms with Crippen molar-refractivity contribution in [2.75, 3.05) is 32.8 Å². The topological polar surface area (TPSA) is 41.6 Å². The first kappa shape index (κ1) is 11.6. The number of ether oxygens (including phenoxy) is 1. The van der Waals surface area contributed by atoms with E-state index in [0.717, 1.165) is 39.0 Å². The Hall–Kier alpha value is -0.870. The molecule has 2 aliphatic heterocycles. The van der Waals surface area contributed by atoms with Gasteiger partial charge in [0.15, 0.2) is 0 Å². The van der Waals surface area contributed by atoms with Gasteiger partial charge in [0.2, 0.25) is 5.91 Å². The molecule has 1 amide bonds. The van der Waals surface area contributed by atoms with Gasteiger partial charge in [0, 0.05) is 26.2 Å². The van der Waals surface area contributed by atoms with Crippen molar-refractivity contribution in [3.63, 3.8) is 0 Å². The summed E-state index contributed by atoms with van der Waals surface area (Å²) in [5, 5.41) is 2.94. The van der Waals surface area contributed by atoms with E-state index >= 15 is 0 Å². The normalized spacial score (nSPS) is 25.9. The second-order valence-corrected chi connectivity index (χ2v) is 4.43. The van der Waals surface area contributed by atoms with Gasteiger partial charge in [0.25, 0.3) is 0 Å². The maximum atomic E-state index is 11.6. The Bertz CT molecular complexity index is 260. The van der Waals surface area contributed by atoms with Gasteiger partial charge in [0.05, 0.1) is 12.6 Å². The molecule has 1 fully saturated rings. The van der Waals surface area contributed by atoms with E-state index in [-0.39, 0.29) is 12.0 Å². The first-order valence-electron chi connectivity index (χ1n) is 6.10. The van der Waals surface area contributed by atoms with E-state index in [1.807, 2.05) is 0 Å². The summed E-state index contributed by atoms with van der Waals surface area (Å²) in [5.74, 6) is 0.116. The summed E-state index contributed by atoms with van der Waals surface area (Å²) in [6.07, 6.45) is 7.78. The Balaban J connectivity index is 1.61. The molecule has 2 heterocycles. The number of nitrogens with one attached hydrogen (secondary N) is 1. The third kappa shape index (κ3) is 3.61. The van der Waals surface area contributed by atoms with Crippen molar-refractivity contribution in [2.24, 2.45) is 0 Å². The minimum Gasteiger partial charge on any atom is -0.376 e. The van der Waals surface area contributed by atoms with Crippen LogP contribution in [0.3, 0.4) is 0 Å². The number of carbonyl (C=O) groups excluding carboxylic acids is 1. The number of rotatable bonds is 4. The van der Waals surface area contributed by atoms with E-state index in [0.29, 0.717) is 13.1 Å². The molecule has 1 atom stereocenters. The van der Waals surface area contributed by atoms with Gasteiger partial charge in [-0.25, -0.2) is 0 Å². The largest absolute Gasteiger partial charge is 0.376 e. The highest BCUT2D eigenvalue weighted by molar-refractivity contribution is 5.78. The zero-order valence-corrected chi connectivity index (χ0v) is 9.65. The minimum absolute atomic E-state index is 0.116. The predicted octanol–water partition coefficient (Wildman–Crippen LogP) is 0.544. The lowest BCUT2D eigenvalue weighted by atomic mass is 10.2. The lowest BCUT2D eigenvalue weighted by Crippen LogP contribution is -2.41. The molecular formula is C12H20N2O2. The third-order valence-corrected chi connectivity index (χ3v) is 3.06. The van der Waals surface area contributed by atoms with Gasteiger partial charge in [-0.1, -0.05) is 12.2 Å². The summed E-state index contributed by atoms with van der Waals surface area (Å²) in [6.45, 7) is 3.91. The SMILES string of the molecule is O=C(CN1CC=CCC1)NCC1CCCO1. The summed E-state index contributed by atoms with van der Waals surface area (Å²) in [7, 11) is 0. The van der Waals surface area contributed by atoms with E-state index < -0.39 is 0 Å². The number of carbonyl (C=O) groups is 1. The van der Waals surface area contributed by atoms with Crippen LogP contribution < -0.4 is 5.32 Å². The van der Waals surface area contributed by atoms with Crippen molar-refractivity contribution in [3.8, 4) is 0 Å². The Morgan fingerprint density at radius 3 is 3.12 bits per heavy atom. The van der Waals surface area contributed by atoms with Crippen LogP contribution in [0.25, 0.3) is 0 Å². The highest BCUT2D eigenvalue weighted by Crippen LogP contribution is 2.10. The van der Waals surface area contributed by atoms with Gasteiger partial charge < -0.3 is 10.1 Å². The van der Waals surface area contributed by atoms with E-state index in [1.165, 1.54) is 0 Å².